The highest BCUT2D eigenvalue weighted by molar-refractivity contribution is 7.96. The highest BCUT2D eigenvalue weighted by Gasteiger charge is 2.38. The summed E-state index contributed by atoms with van der Waals surface area (Å²) in [5.41, 5.74) is 0. The Hall–Kier alpha value is -0.970. The van der Waals surface area contributed by atoms with Gasteiger partial charge >= 0.3 is 0 Å². The SMILES string of the molecule is CC(C)CCNS(=O)(=O)c1cccc(S(=O)(=O)[C@@H]2CCS(=O)(=O)C2)c1. The maximum absolute atomic E-state index is 12.6. The molecule has 1 aliphatic heterocycles. The lowest BCUT2D eigenvalue weighted by molar-refractivity contribution is 0.551. The molecule has 25 heavy (non-hydrogen) atoms. The van der Waals surface area contributed by atoms with Crippen molar-refractivity contribution in [3.63, 3.8) is 0 Å². The Morgan fingerprint density at radius 1 is 1.16 bits per heavy atom. The Labute approximate surface area is 149 Å². The minimum Gasteiger partial charge on any atom is -0.229 e. The second-order valence-corrected chi connectivity index (χ2v) is 12.8. The van der Waals surface area contributed by atoms with Gasteiger partial charge in [-0.05, 0) is 37.0 Å². The van der Waals surface area contributed by atoms with Crippen LogP contribution in [0.3, 0.4) is 0 Å². The van der Waals surface area contributed by atoms with Crippen molar-refractivity contribution in [1.29, 1.82) is 0 Å². The molecule has 0 amide bonds. The fourth-order valence-electron chi connectivity index (χ4n) is 2.58. The Morgan fingerprint density at radius 2 is 1.80 bits per heavy atom. The van der Waals surface area contributed by atoms with Gasteiger partial charge in [-0.1, -0.05) is 19.9 Å². The summed E-state index contributed by atoms with van der Waals surface area (Å²) in [6.45, 7) is 4.20. The van der Waals surface area contributed by atoms with E-state index in [0.717, 1.165) is 6.07 Å². The molecule has 142 valence electrons. The second-order valence-electron chi connectivity index (χ2n) is 6.63. The van der Waals surface area contributed by atoms with Crippen molar-refractivity contribution in [1.82, 2.24) is 4.72 Å². The van der Waals surface area contributed by atoms with Gasteiger partial charge in [0.15, 0.2) is 19.7 Å². The molecule has 1 saturated heterocycles. The molecular weight excluding hydrogens is 386 g/mol. The molecule has 0 aromatic heterocycles. The van der Waals surface area contributed by atoms with Crippen LogP contribution < -0.4 is 4.72 Å². The van der Waals surface area contributed by atoms with Crippen LogP contribution in [0.2, 0.25) is 0 Å². The summed E-state index contributed by atoms with van der Waals surface area (Å²) in [7, 11) is -11.1. The van der Waals surface area contributed by atoms with Crippen LogP contribution in [-0.2, 0) is 29.7 Å². The molecule has 1 aromatic rings. The molecule has 1 aromatic carbocycles. The predicted molar refractivity (Wildman–Crippen MR) is 95.3 cm³/mol. The second kappa shape index (κ2) is 7.34. The third kappa shape index (κ3) is 5.02. The van der Waals surface area contributed by atoms with E-state index in [2.05, 4.69) is 4.72 Å². The third-order valence-electron chi connectivity index (χ3n) is 4.09. The molecule has 1 fully saturated rings. The van der Waals surface area contributed by atoms with Crippen molar-refractivity contribution in [2.75, 3.05) is 18.1 Å². The quantitative estimate of drug-likeness (QED) is 0.718. The summed E-state index contributed by atoms with van der Waals surface area (Å²) in [6.07, 6.45) is 0.700. The smallest absolute Gasteiger partial charge is 0.229 e. The maximum atomic E-state index is 12.6. The monoisotopic (exact) mass is 409 g/mol. The Morgan fingerprint density at radius 3 is 2.36 bits per heavy atom. The molecule has 0 aliphatic carbocycles. The summed E-state index contributed by atoms with van der Waals surface area (Å²) >= 11 is 0. The van der Waals surface area contributed by atoms with Crippen LogP contribution in [0.25, 0.3) is 0 Å². The van der Waals surface area contributed by atoms with Gasteiger partial charge in [-0.25, -0.2) is 30.0 Å². The molecule has 0 unspecified atom stereocenters. The first-order valence-electron chi connectivity index (χ1n) is 7.98. The van der Waals surface area contributed by atoms with Gasteiger partial charge < -0.3 is 0 Å². The number of hydrogen-bond donors (Lipinski definition) is 1. The normalized spacial score (nSPS) is 20.8. The van der Waals surface area contributed by atoms with Gasteiger partial charge in [0, 0.05) is 6.54 Å². The van der Waals surface area contributed by atoms with Crippen LogP contribution in [0.4, 0.5) is 0 Å². The largest absolute Gasteiger partial charge is 0.240 e. The summed E-state index contributed by atoms with van der Waals surface area (Å²) in [5.74, 6) is -0.247. The van der Waals surface area contributed by atoms with Gasteiger partial charge in [0.05, 0.1) is 26.5 Å². The van der Waals surface area contributed by atoms with Crippen molar-refractivity contribution in [3.8, 4) is 0 Å². The van der Waals surface area contributed by atoms with Crippen LogP contribution in [0.15, 0.2) is 34.1 Å². The first-order chi connectivity index (χ1) is 11.4. The van der Waals surface area contributed by atoms with E-state index < -0.39 is 40.7 Å². The van der Waals surface area contributed by atoms with Gasteiger partial charge in [0.1, 0.15) is 0 Å². The number of hydrogen-bond acceptors (Lipinski definition) is 6. The molecule has 10 heteroatoms. The van der Waals surface area contributed by atoms with E-state index in [1.165, 1.54) is 18.2 Å². The standard InChI is InChI=1S/C15H23NO6S3/c1-12(2)6-8-16-25(21,22)14-5-3-4-13(10-14)24(19,20)15-7-9-23(17,18)11-15/h3-5,10,12,15-16H,6-9,11H2,1-2H3/t15-/m1/s1. The topological polar surface area (TPSA) is 114 Å². The molecule has 1 heterocycles. The van der Waals surface area contributed by atoms with Crippen molar-refractivity contribution >= 4 is 29.7 Å². The number of benzene rings is 1. The average Bonchev–Trinajstić information content (AvgIpc) is 2.88. The summed E-state index contributed by atoms with van der Waals surface area (Å²) in [4.78, 5) is -0.306. The van der Waals surface area contributed by atoms with E-state index >= 15 is 0 Å². The molecule has 1 atom stereocenters. The fraction of sp³-hybridized carbons (Fsp3) is 0.600. The number of rotatable bonds is 7. The minimum absolute atomic E-state index is 0.0360. The molecule has 1 N–H and O–H groups in total. The Balaban J connectivity index is 2.26. The van der Waals surface area contributed by atoms with Gasteiger partial charge in [0.2, 0.25) is 10.0 Å². The van der Waals surface area contributed by atoms with Crippen LogP contribution in [0, 0.1) is 5.92 Å². The van der Waals surface area contributed by atoms with Gasteiger partial charge in [-0.15, -0.1) is 0 Å². The van der Waals surface area contributed by atoms with E-state index in [1.54, 1.807) is 0 Å². The summed E-state index contributed by atoms with van der Waals surface area (Å²) < 4.78 is 75.4. The lowest BCUT2D eigenvalue weighted by Gasteiger charge is -2.12. The zero-order chi connectivity index (χ0) is 18.9. The molecule has 7 nitrogen and oxygen atoms in total. The van der Waals surface area contributed by atoms with Gasteiger partial charge in [0.25, 0.3) is 0 Å². The number of nitrogens with one attached hydrogen (secondary N) is 1. The van der Waals surface area contributed by atoms with E-state index in [1.807, 2.05) is 13.8 Å². The minimum atomic E-state index is -3.90. The first kappa shape index (κ1) is 20.3. The van der Waals surface area contributed by atoms with Crippen LogP contribution >= 0.6 is 0 Å². The van der Waals surface area contributed by atoms with Crippen molar-refractivity contribution in [2.24, 2.45) is 5.92 Å². The molecule has 0 radical (unpaired) electrons. The average molecular weight is 410 g/mol. The lowest BCUT2D eigenvalue weighted by Crippen LogP contribution is -2.26. The molecule has 0 saturated carbocycles. The molecular formula is C15H23NO6S3. The lowest BCUT2D eigenvalue weighted by atomic mass is 10.1. The highest BCUT2D eigenvalue weighted by Crippen LogP contribution is 2.26. The van der Waals surface area contributed by atoms with E-state index in [9.17, 15) is 25.3 Å². The summed E-state index contributed by atoms with van der Waals surface area (Å²) in [5, 5.41) is -1.02. The predicted octanol–water partition coefficient (Wildman–Crippen LogP) is 0.972. The zero-order valence-electron chi connectivity index (χ0n) is 14.2. The molecule has 0 spiro atoms. The third-order valence-corrected chi connectivity index (χ3v) is 9.72. The molecule has 2 rings (SSSR count). The fourth-order valence-corrected chi connectivity index (χ4v) is 8.15. The molecule has 1 aliphatic rings. The van der Waals surface area contributed by atoms with E-state index in [0.29, 0.717) is 12.3 Å². The van der Waals surface area contributed by atoms with Gasteiger partial charge in [-0.3, -0.25) is 0 Å². The van der Waals surface area contributed by atoms with Crippen molar-refractivity contribution in [2.45, 2.75) is 41.7 Å². The van der Waals surface area contributed by atoms with Crippen LogP contribution in [0.5, 0.6) is 0 Å². The van der Waals surface area contributed by atoms with Crippen molar-refractivity contribution in [3.05, 3.63) is 24.3 Å². The zero-order valence-corrected chi connectivity index (χ0v) is 16.6. The number of sulfone groups is 2. The summed E-state index contributed by atoms with van der Waals surface area (Å²) in [6, 6.07) is 5.07. The van der Waals surface area contributed by atoms with Crippen molar-refractivity contribution < 1.29 is 25.3 Å². The Kier molecular flexibility index (Phi) is 5.97. The highest BCUT2D eigenvalue weighted by atomic mass is 32.2. The maximum Gasteiger partial charge on any atom is 0.240 e. The molecule has 0 bridgehead atoms. The number of sulfonamides is 1. The van der Waals surface area contributed by atoms with E-state index in [-0.39, 0.29) is 28.5 Å². The van der Waals surface area contributed by atoms with Crippen LogP contribution in [-0.4, -0.2) is 48.6 Å². The van der Waals surface area contributed by atoms with E-state index in [4.69, 9.17) is 0 Å². The first-order valence-corrected chi connectivity index (χ1v) is 12.8. The Bertz CT molecular complexity index is 933. The van der Waals surface area contributed by atoms with Crippen LogP contribution in [0.1, 0.15) is 26.7 Å². The van der Waals surface area contributed by atoms with Gasteiger partial charge in [-0.2, -0.15) is 0 Å².